The Morgan fingerprint density at radius 1 is 1.69 bits per heavy atom. The Labute approximate surface area is 84.3 Å². The summed E-state index contributed by atoms with van der Waals surface area (Å²) in [5.41, 5.74) is 1.70. The maximum Gasteiger partial charge on any atom is 0.223 e. The van der Waals surface area contributed by atoms with Gasteiger partial charge in [-0.25, -0.2) is 0 Å². The normalized spacial score (nSPS) is 16.9. The fourth-order valence-electron chi connectivity index (χ4n) is 1.20. The topological polar surface area (TPSA) is 46.1 Å². The van der Waals surface area contributed by atoms with E-state index >= 15 is 0 Å². The van der Waals surface area contributed by atoms with Crippen molar-refractivity contribution in [3.05, 3.63) is 5.51 Å². The van der Waals surface area contributed by atoms with Crippen LogP contribution in [0.4, 0.5) is 0 Å². The van der Waals surface area contributed by atoms with E-state index < -0.39 is 0 Å². The molecule has 1 aliphatic heterocycles. The summed E-state index contributed by atoms with van der Waals surface area (Å²) in [5, 5.41) is 7.63. The van der Waals surface area contributed by atoms with E-state index in [1.165, 1.54) is 11.3 Å². The average Bonchev–Trinajstić information content (AvgIpc) is 2.72. The van der Waals surface area contributed by atoms with Crippen molar-refractivity contribution in [1.82, 2.24) is 15.1 Å². The summed E-state index contributed by atoms with van der Waals surface area (Å²) in [6, 6.07) is 0. The van der Waals surface area contributed by atoms with Gasteiger partial charge >= 0.3 is 0 Å². The molecular weight excluding hydrogens is 206 g/mol. The Balaban J connectivity index is 1.82. The van der Waals surface area contributed by atoms with Gasteiger partial charge in [0.2, 0.25) is 5.91 Å². The van der Waals surface area contributed by atoms with E-state index in [1.807, 2.05) is 4.90 Å². The molecule has 1 aromatic rings. The van der Waals surface area contributed by atoms with E-state index in [9.17, 15) is 4.79 Å². The molecule has 1 saturated heterocycles. The van der Waals surface area contributed by atoms with Crippen molar-refractivity contribution in [1.29, 1.82) is 0 Å². The van der Waals surface area contributed by atoms with Crippen molar-refractivity contribution in [2.45, 2.75) is 17.2 Å². The standard InChI is InChI=1S/C7H9N3OS2/c11-6-2-1-3-10(6)5-13-7-9-8-4-12-7/h4H,1-3,5H2. The van der Waals surface area contributed by atoms with Gasteiger partial charge in [-0.05, 0) is 6.42 Å². The summed E-state index contributed by atoms with van der Waals surface area (Å²) >= 11 is 3.09. The highest BCUT2D eigenvalue weighted by atomic mass is 32.2. The predicted octanol–water partition coefficient (Wildman–Crippen LogP) is 1.21. The molecule has 70 valence electrons. The van der Waals surface area contributed by atoms with Crippen molar-refractivity contribution in [2.75, 3.05) is 12.4 Å². The minimum absolute atomic E-state index is 0.261. The Morgan fingerprint density at radius 2 is 2.62 bits per heavy atom. The number of carbonyl (C=O) groups excluding carboxylic acids is 1. The van der Waals surface area contributed by atoms with E-state index in [0.717, 1.165) is 17.3 Å². The molecule has 1 amide bonds. The first-order valence-corrected chi connectivity index (χ1v) is 5.89. The average molecular weight is 215 g/mol. The van der Waals surface area contributed by atoms with E-state index in [4.69, 9.17) is 0 Å². The van der Waals surface area contributed by atoms with Crippen molar-refractivity contribution in [2.24, 2.45) is 0 Å². The van der Waals surface area contributed by atoms with Crippen LogP contribution in [-0.4, -0.2) is 33.4 Å². The molecular formula is C7H9N3OS2. The summed E-state index contributed by atoms with van der Waals surface area (Å²) < 4.78 is 0.930. The van der Waals surface area contributed by atoms with Gasteiger partial charge in [-0.15, -0.1) is 10.2 Å². The summed E-state index contributed by atoms with van der Waals surface area (Å²) in [7, 11) is 0. The molecule has 1 fully saturated rings. The van der Waals surface area contributed by atoms with Gasteiger partial charge in [0.05, 0.1) is 5.88 Å². The third kappa shape index (κ3) is 2.19. The number of amides is 1. The van der Waals surface area contributed by atoms with Crippen LogP contribution < -0.4 is 0 Å². The molecule has 0 aromatic carbocycles. The number of aromatic nitrogens is 2. The van der Waals surface area contributed by atoms with Crippen LogP contribution in [0.1, 0.15) is 12.8 Å². The Morgan fingerprint density at radius 3 is 3.23 bits per heavy atom. The maximum absolute atomic E-state index is 11.2. The molecule has 0 aliphatic carbocycles. The second-order valence-electron chi connectivity index (χ2n) is 2.74. The minimum Gasteiger partial charge on any atom is -0.333 e. The number of hydrogen-bond acceptors (Lipinski definition) is 5. The van der Waals surface area contributed by atoms with E-state index in [-0.39, 0.29) is 5.91 Å². The Kier molecular flexibility index (Phi) is 2.80. The number of carbonyl (C=O) groups is 1. The molecule has 0 unspecified atom stereocenters. The largest absolute Gasteiger partial charge is 0.333 e. The van der Waals surface area contributed by atoms with Crippen LogP contribution in [0.15, 0.2) is 9.85 Å². The van der Waals surface area contributed by atoms with Gasteiger partial charge < -0.3 is 4.90 Å². The van der Waals surface area contributed by atoms with Gasteiger partial charge in [0.25, 0.3) is 0 Å². The van der Waals surface area contributed by atoms with Crippen LogP contribution in [0.3, 0.4) is 0 Å². The second kappa shape index (κ2) is 4.06. The molecule has 4 nitrogen and oxygen atoms in total. The number of nitrogens with zero attached hydrogens (tertiary/aromatic N) is 3. The van der Waals surface area contributed by atoms with Crippen LogP contribution in [0.25, 0.3) is 0 Å². The zero-order chi connectivity index (χ0) is 9.10. The molecule has 1 aliphatic rings. The first-order chi connectivity index (χ1) is 6.36. The highest BCUT2D eigenvalue weighted by molar-refractivity contribution is 8.00. The quantitative estimate of drug-likeness (QED) is 0.711. The number of likely N-dealkylation sites (tertiary alicyclic amines) is 1. The lowest BCUT2D eigenvalue weighted by atomic mass is 10.4. The van der Waals surface area contributed by atoms with Crippen LogP contribution >= 0.6 is 23.1 Å². The number of thioether (sulfide) groups is 1. The summed E-state index contributed by atoms with van der Waals surface area (Å²) in [4.78, 5) is 13.1. The van der Waals surface area contributed by atoms with Gasteiger partial charge in [0, 0.05) is 13.0 Å². The number of rotatable bonds is 3. The van der Waals surface area contributed by atoms with Gasteiger partial charge in [-0.3, -0.25) is 4.79 Å². The Hall–Kier alpha value is -0.620. The van der Waals surface area contributed by atoms with Crippen LogP contribution in [0.2, 0.25) is 0 Å². The lowest BCUT2D eigenvalue weighted by Crippen LogP contribution is -2.23. The smallest absolute Gasteiger partial charge is 0.223 e. The monoisotopic (exact) mass is 215 g/mol. The van der Waals surface area contributed by atoms with E-state index in [1.54, 1.807) is 17.3 Å². The molecule has 1 aromatic heterocycles. The van der Waals surface area contributed by atoms with Gasteiger partial charge in [0.15, 0.2) is 4.34 Å². The lowest BCUT2D eigenvalue weighted by molar-refractivity contribution is -0.126. The summed E-state index contributed by atoms with van der Waals surface area (Å²) in [6.07, 6.45) is 1.70. The lowest BCUT2D eigenvalue weighted by Gasteiger charge is -2.12. The first-order valence-electron chi connectivity index (χ1n) is 4.03. The maximum atomic E-state index is 11.2. The highest BCUT2D eigenvalue weighted by Crippen LogP contribution is 2.22. The Bertz CT molecular complexity index is 288. The number of hydrogen-bond donors (Lipinski definition) is 0. The van der Waals surface area contributed by atoms with Gasteiger partial charge in [-0.2, -0.15) is 0 Å². The van der Waals surface area contributed by atoms with Crippen molar-refractivity contribution >= 4 is 29.0 Å². The molecule has 0 bridgehead atoms. The van der Waals surface area contributed by atoms with Gasteiger partial charge in [-0.1, -0.05) is 23.1 Å². The van der Waals surface area contributed by atoms with Crippen molar-refractivity contribution in [3.8, 4) is 0 Å². The molecule has 0 radical (unpaired) electrons. The zero-order valence-electron chi connectivity index (χ0n) is 6.97. The fourth-order valence-corrected chi connectivity index (χ4v) is 2.68. The van der Waals surface area contributed by atoms with Crippen molar-refractivity contribution in [3.63, 3.8) is 0 Å². The molecule has 6 heteroatoms. The van der Waals surface area contributed by atoms with Crippen LogP contribution in [-0.2, 0) is 4.79 Å². The molecule has 2 rings (SSSR count). The zero-order valence-corrected chi connectivity index (χ0v) is 8.61. The molecule has 0 N–H and O–H groups in total. The molecule has 13 heavy (non-hydrogen) atoms. The predicted molar refractivity (Wildman–Crippen MR) is 51.6 cm³/mol. The van der Waals surface area contributed by atoms with E-state index in [0.29, 0.717) is 12.3 Å². The third-order valence-electron chi connectivity index (χ3n) is 1.86. The van der Waals surface area contributed by atoms with Crippen molar-refractivity contribution < 1.29 is 4.79 Å². The van der Waals surface area contributed by atoms with Crippen LogP contribution in [0.5, 0.6) is 0 Å². The first kappa shape index (κ1) is 8.96. The third-order valence-corrected chi connectivity index (χ3v) is 3.75. The highest BCUT2D eigenvalue weighted by Gasteiger charge is 2.19. The van der Waals surface area contributed by atoms with E-state index in [2.05, 4.69) is 10.2 Å². The molecule has 2 heterocycles. The summed E-state index contributed by atoms with van der Waals surface area (Å²) in [5.74, 6) is 0.977. The summed E-state index contributed by atoms with van der Waals surface area (Å²) in [6.45, 7) is 0.893. The minimum atomic E-state index is 0.261. The molecule has 0 atom stereocenters. The van der Waals surface area contributed by atoms with Gasteiger partial charge in [0.1, 0.15) is 5.51 Å². The second-order valence-corrected chi connectivity index (χ2v) is 4.76. The fraction of sp³-hybridized carbons (Fsp3) is 0.571. The molecule has 0 spiro atoms. The SMILES string of the molecule is O=C1CCCN1CSc1nncs1. The van der Waals surface area contributed by atoms with Crippen LogP contribution in [0, 0.1) is 0 Å². The molecule has 0 saturated carbocycles.